The van der Waals surface area contributed by atoms with Crippen molar-refractivity contribution in [3.8, 4) is 5.75 Å². The first-order valence-corrected chi connectivity index (χ1v) is 8.37. The van der Waals surface area contributed by atoms with Gasteiger partial charge in [-0.2, -0.15) is 0 Å². The third-order valence-corrected chi connectivity index (χ3v) is 4.65. The highest BCUT2D eigenvalue weighted by Gasteiger charge is 2.27. The first-order valence-electron chi connectivity index (χ1n) is 8.37. The molecule has 0 amide bonds. The SMILES string of the molecule is c1cc2c(OCC3CO3)c(CC3CO3)ccc2cc1CC1CO1. The fourth-order valence-corrected chi connectivity index (χ4v) is 3.07. The lowest BCUT2D eigenvalue weighted by Gasteiger charge is -2.14. The normalized spacial score (nSPS) is 27.9. The molecule has 0 bridgehead atoms. The highest BCUT2D eigenvalue weighted by Crippen LogP contribution is 2.34. The molecule has 5 rings (SSSR count). The van der Waals surface area contributed by atoms with Gasteiger partial charge in [0.15, 0.2) is 0 Å². The van der Waals surface area contributed by atoms with Crippen LogP contribution in [0, 0.1) is 0 Å². The van der Waals surface area contributed by atoms with Gasteiger partial charge < -0.3 is 18.9 Å². The molecule has 0 aliphatic carbocycles. The average molecular weight is 312 g/mol. The molecule has 2 aromatic rings. The van der Waals surface area contributed by atoms with Gasteiger partial charge in [-0.25, -0.2) is 0 Å². The van der Waals surface area contributed by atoms with Crippen LogP contribution in [-0.2, 0) is 27.1 Å². The van der Waals surface area contributed by atoms with Crippen molar-refractivity contribution in [2.75, 3.05) is 26.4 Å². The minimum Gasteiger partial charge on any atom is -0.490 e. The Bertz CT molecular complexity index is 729. The Labute approximate surface area is 135 Å². The summed E-state index contributed by atoms with van der Waals surface area (Å²) in [6.45, 7) is 3.21. The highest BCUT2D eigenvalue weighted by molar-refractivity contribution is 5.90. The monoisotopic (exact) mass is 312 g/mol. The van der Waals surface area contributed by atoms with Gasteiger partial charge in [-0.3, -0.25) is 0 Å². The van der Waals surface area contributed by atoms with Crippen molar-refractivity contribution in [3.05, 3.63) is 41.5 Å². The molecule has 0 saturated carbocycles. The van der Waals surface area contributed by atoms with Crippen molar-refractivity contribution in [2.45, 2.75) is 31.2 Å². The Morgan fingerprint density at radius 2 is 1.61 bits per heavy atom. The van der Waals surface area contributed by atoms with Gasteiger partial charge in [0.05, 0.1) is 32.0 Å². The summed E-state index contributed by atoms with van der Waals surface area (Å²) >= 11 is 0. The molecule has 23 heavy (non-hydrogen) atoms. The van der Waals surface area contributed by atoms with E-state index in [0.717, 1.165) is 38.4 Å². The van der Waals surface area contributed by atoms with E-state index >= 15 is 0 Å². The van der Waals surface area contributed by atoms with Crippen LogP contribution in [-0.4, -0.2) is 44.7 Å². The molecule has 3 atom stereocenters. The largest absolute Gasteiger partial charge is 0.490 e. The van der Waals surface area contributed by atoms with Crippen molar-refractivity contribution in [3.63, 3.8) is 0 Å². The van der Waals surface area contributed by atoms with Crippen molar-refractivity contribution in [2.24, 2.45) is 0 Å². The van der Waals surface area contributed by atoms with Gasteiger partial charge in [0.2, 0.25) is 0 Å². The van der Waals surface area contributed by atoms with E-state index in [0.29, 0.717) is 18.8 Å². The van der Waals surface area contributed by atoms with Gasteiger partial charge in [-0.15, -0.1) is 0 Å². The van der Waals surface area contributed by atoms with Crippen molar-refractivity contribution in [1.82, 2.24) is 0 Å². The fraction of sp³-hybridized carbons (Fsp3) is 0.474. The highest BCUT2D eigenvalue weighted by atomic mass is 16.6. The number of ether oxygens (including phenoxy) is 4. The molecular weight excluding hydrogens is 292 g/mol. The second-order valence-corrected chi connectivity index (χ2v) is 6.69. The second kappa shape index (κ2) is 5.48. The Hall–Kier alpha value is -1.62. The molecule has 3 aliphatic rings. The first kappa shape index (κ1) is 13.8. The third kappa shape index (κ3) is 3.20. The lowest BCUT2D eigenvalue weighted by molar-refractivity contribution is 0.263. The van der Waals surface area contributed by atoms with Crippen LogP contribution >= 0.6 is 0 Å². The molecule has 3 unspecified atom stereocenters. The first-order chi connectivity index (χ1) is 11.3. The number of rotatable bonds is 7. The van der Waals surface area contributed by atoms with Crippen LogP contribution < -0.4 is 4.74 Å². The number of hydrogen-bond acceptors (Lipinski definition) is 4. The summed E-state index contributed by atoms with van der Waals surface area (Å²) in [5.41, 5.74) is 2.56. The predicted molar refractivity (Wildman–Crippen MR) is 86.1 cm³/mol. The van der Waals surface area contributed by atoms with Crippen LogP contribution in [0.1, 0.15) is 11.1 Å². The molecule has 0 aromatic heterocycles. The van der Waals surface area contributed by atoms with E-state index in [-0.39, 0.29) is 6.10 Å². The van der Waals surface area contributed by atoms with E-state index in [2.05, 4.69) is 30.3 Å². The quantitative estimate of drug-likeness (QED) is 0.737. The Balaban J connectivity index is 1.48. The zero-order valence-electron chi connectivity index (χ0n) is 13.0. The fourth-order valence-electron chi connectivity index (χ4n) is 3.07. The van der Waals surface area contributed by atoms with Gasteiger partial charge in [-0.05, 0) is 16.5 Å². The maximum atomic E-state index is 6.13. The molecule has 4 heteroatoms. The van der Waals surface area contributed by atoms with Crippen LogP contribution in [0.2, 0.25) is 0 Å². The molecule has 0 N–H and O–H groups in total. The lowest BCUT2D eigenvalue weighted by Crippen LogP contribution is -2.07. The summed E-state index contributed by atoms with van der Waals surface area (Å²) in [7, 11) is 0. The van der Waals surface area contributed by atoms with Crippen LogP contribution in [0.4, 0.5) is 0 Å². The topological polar surface area (TPSA) is 46.8 Å². The molecule has 2 aromatic carbocycles. The van der Waals surface area contributed by atoms with Gasteiger partial charge in [0.25, 0.3) is 0 Å². The summed E-state index contributed by atoms with van der Waals surface area (Å²) in [5, 5.41) is 2.42. The second-order valence-electron chi connectivity index (χ2n) is 6.69. The van der Waals surface area contributed by atoms with Crippen LogP contribution in [0.3, 0.4) is 0 Å². The molecule has 3 heterocycles. The molecule has 3 fully saturated rings. The summed E-state index contributed by atoms with van der Waals surface area (Å²) in [5.74, 6) is 1.00. The summed E-state index contributed by atoms with van der Waals surface area (Å²) in [6, 6.07) is 11.0. The maximum absolute atomic E-state index is 6.13. The minimum atomic E-state index is 0.265. The molecule has 0 radical (unpaired) electrons. The summed E-state index contributed by atoms with van der Waals surface area (Å²) < 4.78 is 22.1. The van der Waals surface area contributed by atoms with E-state index in [4.69, 9.17) is 18.9 Å². The predicted octanol–water partition coefficient (Wildman–Crippen LogP) is 2.50. The Morgan fingerprint density at radius 1 is 0.870 bits per heavy atom. The van der Waals surface area contributed by atoms with E-state index < -0.39 is 0 Å². The van der Waals surface area contributed by atoms with Crippen LogP contribution in [0.15, 0.2) is 30.3 Å². The summed E-state index contributed by atoms with van der Waals surface area (Å²) in [6.07, 6.45) is 2.97. The molecule has 3 saturated heterocycles. The Kier molecular flexibility index (Phi) is 3.28. The molecule has 120 valence electrons. The molecule has 0 spiro atoms. The number of epoxide rings is 3. The van der Waals surface area contributed by atoms with Gasteiger partial charge >= 0.3 is 0 Å². The van der Waals surface area contributed by atoms with Crippen molar-refractivity contribution < 1.29 is 18.9 Å². The van der Waals surface area contributed by atoms with Gasteiger partial charge in [0, 0.05) is 18.2 Å². The van der Waals surface area contributed by atoms with Crippen LogP contribution in [0.5, 0.6) is 5.75 Å². The van der Waals surface area contributed by atoms with Crippen molar-refractivity contribution >= 4 is 10.8 Å². The molecule has 4 nitrogen and oxygen atoms in total. The number of fused-ring (bicyclic) bond motifs is 1. The standard InChI is InChI=1S/C19H20O4/c1-4-18-13(5-12(1)6-15-8-20-15)2-3-14(7-16-9-21-16)19(18)23-11-17-10-22-17/h1-5,15-17H,6-11H2. The number of benzene rings is 2. The smallest absolute Gasteiger partial charge is 0.130 e. The Morgan fingerprint density at radius 3 is 2.35 bits per heavy atom. The summed E-state index contributed by atoms with van der Waals surface area (Å²) in [4.78, 5) is 0. The zero-order chi connectivity index (χ0) is 15.2. The van der Waals surface area contributed by atoms with Gasteiger partial charge in [0.1, 0.15) is 18.5 Å². The minimum absolute atomic E-state index is 0.265. The van der Waals surface area contributed by atoms with E-state index in [1.165, 1.54) is 21.9 Å². The van der Waals surface area contributed by atoms with E-state index in [9.17, 15) is 0 Å². The van der Waals surface area contributed by atoms with Crippen molar-refractivity contribution in [1.29, 1.82) is 0 Å². The van der Waals surface area contributed by atoms with Gasteiger partial charge in [-0.1, -0.05) is 30.3 Å². The van der Waals surface area contributed by atoms with E-state index in [1.54, 1.807) is 0 Å². The molecule has 3 aliphatic heterocycles. The maximum Gasteiger partial charge on any atom is 0.130 e. The lowest BCUT2D eigenvalue weighted by atomic mass is 9.99. The van der Waals surface area contributed by atoms with E-state index in [1.807, 2.05) is 0 Å². The van der Waals surface area contributed by atoms with Crippen LogP contribution in [0.25, 0.3) is 10.8 Å². The third-order valence-electron chi connectivity index (χ3n) is 4.65. The number of hydrogen-bond donors (Lipinski definition) is 0. The zero-order valence-corrected chi connectivity index (χ0v) is 13.0. The molecular formula is C19H20O4. The average Bonchev–Trinajstić information content (AvgIpc) is 3.40.